The van der Waals surface area contributed by atoms with Crippen LogP contribution in [0.2, 0.25) is 0 Å². The molecule has 3 amide bonds. The van der Waals surface area contributed by atoms with Crippen molar-refractivity contribution < 1.29 is 18.8 Å². The van der Waals surface area contributed by atoms with Gasteiger partial charge in [0.2, 0.25) is 11.8 Å². The average Bonchev–Trinajstić information content (AvgIpc) is 2.74. The Morgan fingerprint density at radius 1 is 1.00 bits per heavy atom. The Labute approximate surface area is 176 Å². The number of carbonyl (C=O) groups is 3. The predicted molar refractivity (Wildman–Crippen MR) is 113 cm³/mol. The predicted octanol–water partition coefficient (Wildman–Crippen LogP) is 2.75. The molecule has 6 nitrogen and oxygen atoms in total. The van der Waals surface area contributed by atoms with Crippen LogP contribution >= 0.6 is 0 Å². The summed E-state index contributed by atoms with van der Waals surface area (Å²) >= 11 is 0. The molecule has 1 unspecified atom stereocenters. The highest BCUT2D eigenvalue weighted by atomic mass is 19.1. The van der Waals surface area contributed by atoms with Crippen LogP contribution in [-0.2, 0) is 16.1 Å². The van der Waals surface area contributed by atoms with Crippen molar-refractivity contribution >= 4 is 17.7 Å². The molecule has 7 heteroatoms. The van der Waals surface area contributed by atoms with Gasteiger partial charge in [-0.1, -0.05) is 56.3 Å². The van der Waals surface area contributed by atoms with Gasteiger partial charge in [-0.15, -0.1) is 0 Å². The summed E-state index contributed by atoms with van der Waals surface area (Å²) in [6.45, 7) is 6.17. The number of hydrogen-bond donors (Lipinski definition) is 2. The summed E-state index contributed by atoms with van der Waals surface area (Å²) in [6.07, 6.45) is 0. The molecular formula is C23H28FN3O3. The molecule has 1 atom stereocenters. The molecule has 160 valence electrons. The molecule has 0 bridgehead atoms. The van der Waals surface area contributed by atoms with Gasteiger partial charge in [0.15, 0.2) is 0 Å². The molecule has 2 N–H and O–H groups in total. The van der Waals surface area contributed by atoms with Gasteiger partial charge in [0.05, 0.1) is 12.1 Å². The number of hydrogen-bond acceptors (Lipinski definition) is 3. The third-order valence-electron chi connectivity index (χ3n) is 4.72. The van der Waals surface area contributed by atoms with E-state index in [2.05, 4.69) is 10.6 Å². The number of halogens is 1. The zero-order valence-electron chi connectivity index (χ0n) is 17.5. The van der Waals surface area contributed by atoms with E-state index in [1.54, 1.807) is 24.8 Å². The summed E-state index contributed by atoms with van der Waals surface area (Å²) in [5.41, 5.74) is 0.864. The first-order valence-corrected chi connectivity index (χ1v) is 9.98. The Balaban J connectivity index is 1.96. The van der Waals surface area contributed by atoms with Gasteiger partial charge in [-0.2, -0.15) is 0 Å². The second-order valence-electron chi connectivity index (χ2n) is 7.29. The minimum atomic E-state index is -0.894. The van der Waals surface area contributed by atoms with Gasteiger partial charge in [-0.3, -0.25) is 14.4 Å². The van der Waals surface area contributed by atoms with Crippen LogP contribution in [-0.4, -0.2) is 41.8 Å². The molecule has 0 aliphatic heterocycles. The van der Waals surface area contributed by atoms with Crippen molar-refractivity contribution in [1.29, 1.82) is 0 Å². The van der Waals surface area contributed by atoms with Crippen molar-refractivity contribution in [2.75, 3.05) is 13.1 Å². The Morgan fingerprint density at radius 2 is 1.63 bits per heavy atom. The molecule has 0 fully saturated rings. The normalized spacial score (nSPS) is 11.6. The Kier molecular flexibility index (Phi) is 8.53. The van der Waals surface area contributed by atoms with E-state index in [4.69, 9.17) is 0 Å². The van der Waals surface area contributed by atoms with Gasteiger partial charge >= 0.3 is 0 Å². The Bertz CT molecular complexity index is 871. The minimum Gasteiger partial charge on any atom is -0.345 e. The second-order valence-corrected chi connectivity index (χ2v) is 7.29. The molecule has 0 aliphatic carbocycles. The monoisotopic (exact) mass is 413 g/mol. The summed E-state index contributed by atoms with van der Waals surface area (Å²) in [4.78, 5) is 39.2. The number of nitrogens with one attached hydrogen (secondary N) is 2. The molecule has 30 heavy (non-hydrogen) atoms. The highest BCUT2D eigenvalue weighted by molar-refractivity contribution is 5.98. The zero-order chi connectivity index (χ0) is 22.1. The molecule has 2 rings (SSSR count). The highest BCUT2D eigenvalue weighted by Gasteiger charge is 2.26. The van der Waals surface area contributed by atoms with Crippen LogP contribution in [0, 0.1) is 11.7 Å². The lowest BCUT2D eigenvalue weighted by atomic mass is 10.0. The summed E-state index contributed by atoms with van der Waals surface area (Å²) in [7, 11) is 0. The molecular weight excluding hydrogens is 385 g/mol. The van der Waals surface area contributed by atoms with E-state index in [-0.39, 0.29) is 23.9 Å². The summed E-state index contributed by atoms with van der Waals surface area (Å²) in [5, 5.41) is 5.16. The maximum absolute atomic E-state index is 13.8. The molecule has 0 spiro atoms. The number of amides is 3. The summed E-state index contributed by atoms with van der Waals surface area (Å²) in [6, 6.07) is 14.3. The number of carbonyl (C=O) groups excluding carboxylic acids is 3. The van der Waals surface area contributed by atoms with Gasteiger partial charge in [0.25, 0.3) is 5.91 Å². The fourth-order valence-electron chi connectivity index (χ4n) is 2.96. The molecule has 0 saturated heterocycles. The van der Waals surface area contributed by atoms with Crippen LogP contribution < -0.4 is 10.6 Å². The maximum Gasteiger partial charge on any atom is 0.254 e. The largest absolute Gasteiger partial charge is 0.345 e. The van der Waals surface area contributed by atoms with E-state index in [1.807, 2.05) is 37.3 Å². The minimum absolute atomic E-state index is 0.132. The third-order valence-corrected chi connectivity index (χ3v) is 4.72. The van der Waals surface area contributed by atoms with Crippen LogP contribution in [0.5, 0.6) is 0 Å². The van der Waals surface area contributed by atoms with Crippen LogP contribution in [0.15, 0.2) is 54.6 Å². The number of nitrogens with zero attached hydrogens (tertiary/aromatic N) is 1. The summed E-state index contributed by atoms with van der Waals surface area (Å²) < 4.78 is 13.8. The van der Waals surface area contributed by atoms with Crippen molar-refractivity contribution in [3.8, 4) is 0 Å². The van der Waals surface area contributed by atoms with E-state index in [1.165, 1.54) is 18.2 Å². The molecule has 0 saturated carbocycles. The van der Waals surface area contributed by atoms with Crippen LogP contribution in [0.3, 0.4) is 0 Å². The number of likely N-dealkylation sites (N-methyl/N-ethyl adjacent to an activating group) is 1. The first-order chi connectivity index (χ1) is 14.3. The number of rotatable bonds is 9. The average molecular weight is 413 g/mol. The molecule has 2 aromatic carbocycles. The topological polar surface area (TPSA) is 78.5 Å². The van der Waals surface area contributed by atoms with E-state index >= 15 is 0 Å². The van der Waals surface area contributed by atoms with Crippen molar-refractivity contribution in [2.24, 2.45) is 5.92 Å². The molecule has 2 aromatic rings. The van der Waals surface area contributed by atoms with E-state index in [9.17, 15) is 18.8 Å². The summed E-state index contributed by atoms with van der Waals surface area (Å²) in [5.74, 6) is -2.29. The maximum atomic E-state index is 13.8. The van der Waals surface area contributed by atoms with E-state index < -0.39 is 23.7 Å². The molecule has 0 radical (unpaired) electrons. The van der Waals surface area contributed by atoms with Gasteiger partial charge in [-0.25, -0.2) is 4.39 Å². The van der Waals surface area contributed by atoms with Crippen molar-refractivity contribution in [3.63, 3.8) is 0 Å². The van der Waals surface area contributed by atoms with Gasteiger partial charge in [0.1, 0.15) is 11.9 Å². The smallest absolute Gasteiger partial charge is 0.254 e. The fourth-order valence-corrected chi connectivity index (χ4v) is 2.96. The Morgan fingerprint density at radius 3 is 2.23 bits per heavy atom. The standard InChI is InChI=1S/C23H28FN3O3/c1-4-27(15-17-10-6-5-7-11-17)20(28)14-25-23(30)21(16(2)3)26-22(29)18-12-8-9-13-19(18)24/h5-13,16,21H,4,14-15H2,1-3H3,(H,25,30)(H,26,29). The van der Waals surface area contributed by atoms with E-state index in [0.29, 0.717) is 13.1 Å². The van der Waals surface area contributed by atoms with Crippen LogP contribution in [0.25, 0.3) is 0 Å². The number of benzene rings is 2. The second kappa shape index (κ2) is 11.1. The third kappa shape index (κ3) is 6.40. The van der Waals surface area contributed by atoms with Crippen molar-refractivity contribution in [1.82, 2.24) is 15.5 Å². The van der Waals surface area contributed by atoms with Crippen molar-refractivity contribution in [3.05, 3.63) is 71.5 Å². The van der Waals surface area contributed by atoms with Crippen LogP contribution in [0.1, 0.15) is 36.7 Å². The lowest BCUT2D eigenvalue weighted by Gasteiger charge is -2.24. The van der Waals surface area contributed by atoms with Crippen molar-refractivity contribution in [2.45, 2.75) is 33.4 Å². The zero-order valence-corrected chi connectivity index (χ0v) is 17.5. The SMILES string of the molecule is CCN(Cc1ccccc1)C(=O)CNC(=O)C(NC(=O)c1ccccc1F)C(C)C. The quantitative estimate of drug-likeness (QED) is 0.664. The van der Waals surface area contributed by atoms with E-state index in [0.717, 1.165) is 5.56 Å². The first-order valence-electron chi connectivity index (χ1n) is 9.98. The van der Waals surface area contributed by atoms with Crippen LogP contribution in [0.4, 0.5) is 4.39 Å². The highest BCUT2D eigenvalue weighted by Crippen LogP contribution is 2.09. The molecule has 0 aromatic heterocycles. The van der Waals surface area contributed by atoms with Gasteiger partial charge in [0, 0.05) is 13.1 Å². The first kappa shape index (κ1) is 23.1. The van der Waals surface area contributed by atoms with Gasteiger partial charge < -0.3 is 15.5 Å². The van der Waals surface area contributed by atoms with Gasteiger partial charge in [-0.05, 0) is 30.5 Å². The molecule has 0 aliphatic rings. The Hall–Kier alpha value is -3.22. The lowest BCUT2D eigenvalue weighted by molar-refractivity contribution is -0.133. The fraction of sp³-hybridized carbons (Fsp3) is 0.348. The lowest BCUT2D eigenvalue weighted by Crippen LogP contribution is -2.51. The molecule has 0 heterocycles.